The molecule has 0 aliphatic heterocycles. The predicted octanol–water partition coefficient (Wildman–Crippen LogP) is 3.23. The van der Waals surface area contributed by atoms with E-state index in [0.717, 1.165) is 12.1 Å². The van der Waals surface area contributed by atoms with Crippen molar-refractivity contribution in [1.29, 1.82) is 0 Å². The van der Waals surface area contributed by atoms with Crippen molar-refractivity contribution in [3.8, 4) is 0 Å². The molecule has 0 aliphatic carbocycles. The first-order chi connectivity index (χ1) is 10.0. The zero-order valence-corrected chi connectivity index (χ0v) is 12.2. The number of pyridine rings is 1. The van der Waals surface area contributed by atoms with E-state index < -0.39 is 5.82 Å². The van der Waals surface area contributed by atoms with E-state index in [4.69, 9.17) is 34.1 Å². The van der Waals surface area contributed by atoms with Crippen LogP contribution in [0.4, 0.5) is 10.1 Å². The van der Waals surface area contributed by atoms with E-state index in [9.17, 15) is 4.39 Å². The first-order valence-electron chi connectivity index (χ1n) is 5.83. The second kappa shape index (κ2) is 6.60. The number of hydrogen-bond acceptors (Lipinski definition) is 4. The van der Waals surface area contributed by atoms with Crippen LogP contribution in [0.3, 0.4) is 0 Å². The van der Waals surface area contributed by atoms with Crippen molar-refractivity contribution in [1.82, 2.24) is 4.98 Å². The number of amidine groups is 1. The summed E-state index contributed by atoms with van der Waals surface area (Å²) in [5.74, 6) is -0.627. The summed E-state index contributed by atoms with van der Waals surface area (Å²) in [4.78, 5) is 4.04. The summed E-state index contributed by atoms with van der Waals surface area (Å²) >= 11 is 11.9. The Hall–Kier alpha value is -2.05. The molecular weight excluding hydrogens is 318 g/mol. The molecule has 0 fully saturated rings. The van der Waals surface area contributed by atoms with E-state index in [2.05, 4.69) is 15.5 Å². The zero-order valence-electron chi connectivity index (χ0n) is 10.6. The van der Waals surface area contributed by atoms with E-state index in [1.807, 2.05) is 0 Å². The van der Waals surface area contributed by atoms with Crippen LogP contribution < -0.4 is 11.1 Å². The number of hydrogen-bond donors (Lipinski definition) is 3. The lowest BCUT2D eigenvalue weighted by molar-refractivity contribution is 0.318. The van der Waals surface area contributed by atoms with Crippen LogP contribution in [-0.2, 0) is 6.54 Å². The van der Waals surface area contributed by atoms with Gasteiger partial charge in [-0.15, -0.1) is 0 Å². The third kappa shape index (κ3) is 3.53. The first-order valence-corrected chi connectivity index (χ1v) is 6.58. The summed E-state index contributed by atoms with van der Waals surface area (Å²) < 4.78 is 13.1. The first kappa shape index (κ1) is 15.3. The van der Waals surface area contributed by atoms with Gasteiger partial charge in [-0.25, -0.2) is 4.39 Å². The van der Waals surface area contributed by atoms with E-state index in [-0.39, 0.29) is 22.4 Å². The van der Waals surface area contributed by atoms with Gasteiger partial charge in [0.2, 0.25) is 0 Å². The lowest BCUT2D eigenvalue weighted by atomic mass is 10.1. The van der Waals surface area contributed by atoms with Crippen LogP contribution in [0, 0.1) is 5.82 Å². The van der Waals surface area contributed by atoms with Crippen LogP contribution in [0.25, 0.3) is 0 Å². The number of nitrogens with zero attached hydrogens (tertiary/aromatic N) is 2. The molecule has 0 saturated carbocycles. The van der Waals surface area contributed by atoms with Crippen LogP contribution in [0.15, 0.2) is 35.6 Å². The fraction of sp³-hybridized carbons (Fsp3) is 0.0769. The maximum absolute atomic E-state index is 13.1. The Kier molecular flexibility index (Phi) is 4.82. The van der Waals surface area contributed by atoms with E-state index in [1.54, 1.807) is 12.1 Å². The van der Waals surface area contributed by atoms with Gasteiger partial charge in [0, 0.05) is 18.3 Å². The Labute approximate surface area is 130 Å². The summed E-state index contributed by atoms with van der Waals surface area (Å²) in [7, 11) is 0. The maximum Gasteiger partial charge on any atom is 0.189 e. The standard InChI is InChI=1S/C13H11Cl2FN4O/c14-9-4-8(16)5-10(15)12(9)19-6-7-2-1-3-18-11(7)13(17)20-21/h1-5,19,21H,6H2,(H2,17,20). The Bertz CT molecular complexity index is 671. The molecular formula is C13H11Cl2FN4O. The summed E-state index contributed by atoms with van der Waals surface area (Å²) in [6.45, 7) is 0.268. The van der Waals surface area contributed by atoms with Gasteiger partial charge in [0.25, 0.3) is 0 Å². The van der Waals surface area contributed by atoms with Crippen LogP contribution in [0.2, 0.25) is 10.0 Å². The summed E-state index contributed by atoms with van der Waals surface area (Å²) in [5, 5.41) is 15.0. The van der Waals surface area contributed by atoms with Crippen molar-refractivity contribution in [2.75, 3.05) is 5.32 Å². The molecule has 2 aromatic rings. The number of benzene rings is 1. The molecule has 0 unspecified atom stereocenters. The van der Waals surface area contributed by atoms with Crippen LogP contribution in [0.5, 0.6) is 0 Å². The highest BCUT2D eigenvalue weighted by Gasteiger charge is 2.11. The Morgan fingerprint density at radius 2 is 2.05 bits per heavy atom. The van der Waals surface area contributed by atoms with Crippen molar-refractivity contribution >= 4 is 34.7 Å². The largest absolute Gasteiger partial charge is 0.409 e. The predicted molar refractivity (Wildman–Crippen MR) is 80.5 cm³/mol. The third-order valence-corrected chi connectivity index (χ3v) is 3.30. The van der Waals surface area contributed by atoms with Gasteiger partial charge in [0.1, 0.15) is 11.5 Å². The minimum absolute atomic E-state index is 0.108. The fourth-order valence-corrected chi connectivity index (χ4v) is 2.35. The second-order valence-corrected chi connectivity index (χ2v) is 4.91. The molecule has 21 heavy (non-hydrogen) atoms. The highest BCUT2D eigenvalue weighted by atomic mass is 35.5. The van der Waals surface area contributed by atoms with Gasteiger partial charge in [-0.3, -0.25) is 4.98 Å². The molecule has 0 spiro atoms. The molecule has 1 heterocycles. The minimum atomic E-state index is -0.519. The van der Waals surface area contributed by atoms with Crippen molar-refractivity contribution in [3.63, 3.8) is 0 Å². The molecule has 2 rings (SSSR count). The average molecular weight is 329 g/mol. The SMILES string of the molecule is N/C(=N/O)c1ncccc1CNc1c(Cl)cc(F)cc1Cl. The smallest absolute Gasteiger partial charge is 0.189 e. The van der Waals surface area contributed by atoms with E-state index >= 15 is 0 Å². The summed E-state index contributed by atoms with van der Waals surface area (Å²) in [6, 6.07) is 5.77. The third-order valence-electron chi connectivity index (χ3n) is 2.70. The lowest BCUT2D eigenvalue weighted by Gasteiger charge is -2.12. The van der Waals surface area contributed by atoms with Crippen LogP contribution in [0.1, 0.15) is 11.3 Å². The number of nitrogens with two attached hydrogens (primary N) is 1. The number of nitrogens with one attached hydrogen (secondary N) is 1. The Balaban J connectivity index is 2.26. The lowest BCUT2D eigenvalue weighted by Crippen LogP contribution is -2.18. The maximum atomic E-state index is 13.1. The number of oxime groups is 1. The topological polar surface area (TPSA) is 83.5 Å². The van der Waals surface area contributed by atoms with Gasteiger partial charge in [0.05, 0.1) is 15.7 Å². The fourth-order valence-electron chi connectivity index (χ4n) is 1.75. The molecule has 0 atom stereocenters. The quantitative estimate of drug-likeness (QED) is 0.348. The normalized spacial score (nSPS) is 11.5. The molecule has 1 aromatic heterocycles. The molecule has 110 valence electrons. The minimum Gasteiger partial charge on any atom is -0.409 e. The molecule has 0 amide bonds. The van der Waals surface area contributed by atoms with Crippen LogP contribution in [-0.4, -0.2) is 16.0 Å². The number of aromatic nitrogens is 1. The number of rotatable bonds is 4. The molecule has 0 bridgehead atoms. The van der Waals surface area contributed by atoms with E-state index in [0.29, 0.717) is 16.9 Å². The molecule has 0 aliphatic rings. The monoisotopic (exact) mass is 328 g/mol. The van der Waals surface area contributed by atoms with Gasteiger partial charge >= 0.3 is 0 Å². The Morgan fingerprint density at radius 1 is 1.38 bits per heavy atom. The zero-order chi connectivity index (χ0) is 15.4. The summed E-state index contributed by atoms with van der Waals surface area (Å²) in [5.41, 5.74) is 6.95. The number of anilines is 1. The van der Waals surface area contributed by atoms with Crippen LogP contribution >= 0.6 is 23.2 Å². The molecule has 1 aromatic carbocycles. The van der Waals surface area contributed by atoms with Crippen molar-refractivity contribution in [3.05, 3.63) is 57.6 Å². The number of halogens is 3. The highest BCUT2D eigenvalue weighted by molar-refractivity contribution is 6.39. The molecule has 4 N–H and O–H groups in total. The van der Waals surface area contributed by atoms with Crippen molar-refractivity contribution in [2.45, 2.75) is 6.54 Å². The van der Waals surface area contributed by atoms with Gasteiger partial charge < -0.3 is 16.3 Å². The highest BCUT2D eigenvalue weighted by Crippen LogP contribution is 2.31. The van der Waals surface area contributed by atoms with Gasteiger partial charge in [0.15, 0.2) is 5.84 Å². The Morgan fingerprint density at radius 3 is 2.67 bits per heavy atom. The molecule has 5 nitrogen and oxygen atoms in total. The van der Waals surface area contributed by atoms with E-state index in [1.165, 1.54) is 6.20 Å². The van der Waals surface area contributed by atoms with Gasteiger partial charge in [-0.05, 0) is 18.2 Å². The summed E-state index contributed by atoms with van der Waals surface area (Å²) in [6.07, 6.45) is 1.52. The molecule has 0 radical (unpaired) electrons. The van der Waals surface area contributed by atoms with Crippen molar-refractivity contribution < 1.29 is 9.60 Å². The van der Waals surface area contributed by atoms with Crippen molar-refractivity contribution in [2.24, 2.45) is 10.9 Å². The van der Waals surface area contributed by atoms with Gasteiger partial charge in [-0.1, -0.05) is 34.4 Å². The van der Waals surface area contributed by atoms with Gasteiger partial charge in [-0.2, -0.15) is 0 Å². The average Bonchev–Trinajstić information content (AvgIpc) is 2.45. The second-order valence-electron chi connectivity index (χ2n) is 4.09. The molecule has 8 heteroatoms. The molecule has 0 saturated heterocycles.